The minimum absolute atomic E-state index is 0.577. The number of aromatic nitrogens is 6. The first-order chi connectivity index (χ1) is 12.8. The Morgan fingerprint density at radius 3 is 2.42 bits per heavy atom. The molecule has 0 spiro atoms. The van der Waals surface area contributed by atoms with Crippen LogP contribution in [0.4, 0.5) is 5.82 Å². The molecule has 0 bridgehead atoms. The van der Waals surface area contributed by atoms with E-state index in [2.05, 4.69) is 68.1 Å². The van der Waals surface area contributed by atoms with Crippen molar-refractivity contribution in [3.63, 3.8) is 0 Å². The molecule has 0 amide bonds. The lowest BCUT2D eigenvalue weighted by Gasteiger charge is -2.08. The average Bonchev–Trinajstić information content (AvgIpc) is 3.33. The maximum Gasteiger partial charge on any atom is 0.205 e. The quantitative estimate of drug-likeness (QED) is 0.515. The van der Waals surface area contributed by atoms with Gasteiger partial charge < -0.3 is 5.73 Å². The number of nitrogens with zero attached hydrogens (tertiary/aromatic N) is 4. The monoisotopic (exact) mass is 345 g/mol. The Hall–Kier alpha value is -3.48. The molecule has 0 aliphatic rings. The van der Waals surface area contributed by atoms with E-state index in [0.717, 1.165) is 40.8 Å². The van der Waals surface area contributed by atoms with Crippen LogP contribution in [0.1, 0.15) is 23.7 Å². The van der Waals surface area contributed by atoms with Gasteiger partial charge in [-0.1, -0.05) is 55.5 Å². The number of H-pyrrole nitrogens is 2. The first-order valence-corrected chi connectivity index (χ1v) is 8.50. The van der Waals surface area contributed by atoms with Crippen LogP contribution in [0.3, 0.4) is 0 Å². The number of tetrazole rings is 1. The fourth-order valence-corrected chi connectivity index (χ4v) is 3.12. The molecule has 4 aromatic rings. The molecule has 0 fully saturated rings. The summed E-state index contributed by atoms with van der Waals surface area (Å²) in [6, 6.07) is 16.5. The number of aromatic amines is 2. The smallest absolute Gasteiger partial charge is 0.205 e. The van der Waals surface area contributed by atoms with Gasteiger partial charge in [0.15, 0.2) is 0 Å². The van der Waals surface area contributed by atoms with Crippen molar-refractivity contribution < 1.29 is 0 Å². The highest BCUT2D eigenvalue weighted by atomic mass is 15.5. The van der Waals surface area contributed by atoms with Gasteiger partial charge in [0.25, 0.3) is 0 Å². The zero-order chi connectivity index (χ0) is 17.9. The van der Waals surface area contributed by atoms with E-state index in [4.69, 9.17) is 5.73 Å². The molecule has 4 rings (SSSR count). The van der Waals surface area contributed by atoms with Crippen LogP contribution in [0, 0.1) is 0 Å². The predicted molar refractivity (Wildman–Crippen MR) is 100 cm³/mol. The van der Waals surface area contributed by atoms with E-state index in [1.807, 2.05) is 18.2 Å². The Kier molecular flexibility index (Phi) is 4.18. The first kappa shape index (κ1) is 16.0. The van der Waals surface area contributed by atoms with Crippen molar-refractivity contribution in [2.75, 3.05) is 5.73 Å². The lowest BCUT2D eigenvalue weighted by molar-refractivity contribution is 0.881. The highest BCUT2D eigenvalue weighted by molar-refractivity contribution is 5.80. The van der Waals surface area contributed by atoms with Crippen LogP contribution >= 0.6 is 0 Å². The normalized spacial score (nSPS) is 11.0. The van der Waals surface area contributed by atoms with Crippen molar-refractivity contribution in [1.29, 1.82) is 0 Å². The second-order valence-corrected chi connectivity index (χ2v) is 6.07. The summed E-state index contributed by atoms with van der Waals surface area (Å²) >= 11 is 0. The molecule has 0 radical (unpaired) electrons. The van der Waals surface area contributed by atoms with Crippen molar-refractivity contribution in [2.45, 2.75) is 19.8 Å². The number of nitrogen functional groups attached to an aromatic ring is 1. The minimum Gasteiger partial charge on any atom is -0.382 e. The van der Waals surface area contributed by atoms with E-state index in [1.54, 1.807) is 0 Å². The number of hydrogen-bond donors (Lipinski definition) is 3. The highest BCUT2D eigenvalue weighted by Gasteiger charge is 2.12. The fourth-order valence-electron chi connectivity index (χ4n) is 3.12. The minimum atomic E-state index is 0.577. The van der Waals surface area contributed by atoms with E-state index >= 15 is 0 Å². The van der Waals surface area contributed by atoms with Gasteiger partial charge in [0.2, 0.25) is 5.82 Å². The number of nitrogens with one attached hydrogen (secondary N) is 2. The van der Waals surface area contributed by atoms with Crippen LogP contribution in [-0.4, -0.2) is 30.8 Å². The summed E-state index contributed by atoms with van der Waals surface area (Å²) in [6.07, 6.45) is 1.65. The number of rotatable bonds is 5. The molecule has 4 N–H and O–H groups in total. The maximum atomic E-state index is 5.99. The summed E-state index contributed by atoms with van der Waals surface area (Å²) in [5.41, 5.74) is 12.5. The number of anilines is 1. The molecule has 7 heteroatoms. The summed E-state index contributed by atoms with van der Waals surface area (Å²) in [4.78, 5) is 0. The van der Waals surface area contributed by atoms with E-state index in [0.29, 0.717) is 11.6 Å². The Morgan fingerprint density at radius 2 is 1.73 bits per heavy atom. The van der Waals surface area contributed by atoms with Gasteiger partial charge in [-0.25, -0.2) is 0 Å². The maximum absolute atomic E-state index is 5.99. The summed E-state index contributed by atoms with van der Waals surface area (Å²) in [7, 11) is 0. The van der Waals surface area contributed by atoms with Gasteiger partial charge in [-0.3, -0.25) is 5.10 Å². The molecule has 2 heterocycles. The summed E-state index contributed by atoms with van der Waals surface area (Å²) in [5.74, 6) is 1.16. The van der Waals surface area contributed by atoms with Gasteiger partial charge in [-0.2, -0.15) is 10.3 Å². The van der Waals surface area contributed by atoms with E-state index in [9.17, 15) is 0 Å². The van der Waals surface area contributed by atoms with E-state index in [-0.39, 0.29) is 0 Å². The molecule has 26 heavy (non-hydrogen) atoms. The van der Waals surface area contributed by atoms with E-state index < -0.39 is 0 Å². The van der Waals surface area contributed by atoms with Gasteiger partial charge in [0, 0.05) is 23.2 Å². The Bertz CT molecular complexity index is 1000. The average molecular weight is 345 g/mol. The zero-order valence-electron chi connectivity index (χ0n) is 14.4. The van der Waals surface area contributed by atoms with Crippen LogP contribution in [-0.2, 0) is 12.8 Å². The molecule has 0 unspecified atom stereocenters. The van der Waals surface area contributed by atoms with Crippen LogP contribution in [0.25, 0.3) is 22.5 Å². The fraction of sp³-hybridized carbons (Fsp3) is 0.158. The molecule has 0 aliphatic heterocycles. The number of benzene rings is 2. The Labute approximate surface area is 150 Å². The topological polar surface area (TPSA) is 109 Å². The van der Waals surface area contributed by atoms with Crippen molar-refractivity contribution in [3.05, 3.63) is 65.4 Å². The third-order valence-electron chi connectivity index (χ3n) is 4.50. The summed E-state index contributed by atoms with van der Waals surface area (Å²) < 4.78 is 0. The van der Waals surface area contributed by atoms with Crippen molar-refractivity contribution in [2.24, 2.45) is 0 Å². The summed E-state index contributed by atoms with van der Waals surface area (Å²) in [6.45, 7) is 2.09. The Morgan fingerprint density at radius 1 is 0.962 bits per heavy atom. The second-order valence-electron chi connectivity index (χ2n) is 6.07. The number of aryl methyl sites for hydroxylation is 1. The standard InChI is InChI=1S/C19H19N7/c1-2-17-16(18(20)22-21-17)11-12-7-9-13(10-8-12)14-5-3-4-6-15(14)19-23-25-26-24-19/h3-10H,2,11H2,1H3,(H3,20,21,22)(H,23,24,25,26). The van der Waals surface area contributed by atoms with Gasteiger partial charge in [0.1, 0.15) is 5.82 Å². The van der Waals surface area contributed by atoms with Crippen molar-refractivity contribution >= 4 is 5.82 Å². The van der Waals surface area contributed by atoms with Gasteiger partial charge in [0.05, 0.1) is 0 Å². The lowest BCUT2D eigenvalue weighted by atomic mass is 9.96. The first-order valence-electron chi connectivity index (χ1n) is 8.50. The number of hydrogen-bond acceptors (Lipinski definition) is 5. The molecular weight excluding hydrogens is 326 g/mol. The Balaban J connectivity index is 1.64. The molecule has 7 nitrogen and oxygen atoms in total. The predicted octanol–water partition coefficient (Wildman–Crippen LogP) is 2.99. The molecular formula is C19H19N7. The molecule has 0 atom stereocenters. The zero-order valence-corrected chi connectivity index (χ0v) is 14.4. The SMILES string of the molecule is CCc1[nH]nc(N)c1Cc1ccc(-c2ccccc2-c2nn[nH]n2)cc1. The van der Waals surface area contributed by atoms with Gasteiger partial charge >= 0.3 is 0 Å². The number of nitrogens with two attached hydrogens (primary N) is 1. The molecule has 130 valence electrons. The van der Waals surface area contributed by atoms with E-state index in [1.165, 1.54) is 5.56 Å². The van der Waals surface area contributed by atoms with Crippen LogP contribution in [0.2, 0.25) is 0 Å². The van der Waals surface area contributed by atoms with Crippen molar-refractivity contribution in [1.82, 2.24) is 30.8 Å². The molecule has 0 saturated heterocycles. The van der Waals surface area contributed by atoms with Crippen LogP contribution in [0.5, 0.6) is 0 Å². The largest absolute Gasteiger partial charge is 0.382 e. The van der Waals surface area contributed by atoms with Crippen LogP contribution in [0.15, 0.2) is 48.5 Å². The van der Waals surface area contributed by atoms with Crippen LogP contribution < -0.4 is 5.73 Å². The third kappa shape index (κ3) is 2.95. The van der Waals surface area contributed by atoms with Gasteiger partial charge in [-0.05, 0) is 28.3 Å². The molecule has 0 aliphatic carbocycles. The van der Waals surface area contributed by atoms with Crippen molar-refractivity contribution in [3.8, 4) is 22.5 Å². The molecule has 2 aromatic heterocycles. The third-order valence-corrected chi connectivity index (χ3v) is 4.50. The second kappa shape index (κ2) is 6.79. The summed E-state index contributed by atoms with van der Waals surface area (Å²) in [5, 5.41) is 21.5. The lowest BCUT2D eigenvalue weighted by Crippen LogP contribution is -1.96. The molecule has 2 aromatic carbocycles. The van der Waals surface area contributed by atoms with Gasteiger partial charge in [-0.15, -0.1) is 10.2 Å². The molecule has 0 saturated carbocycles. The highest BCUT2D eigenvalue weighted by Crippen LogP contribution is 2.30.